The van der Waals surface area contributed by atoms with Gasteiger partial charge in [-0.15, -0.1) is 0 Å². The van der Waals surface area contributed by atoms with Crippen molar-refractivity contribution in [2.75, 3.05) is 6.61 Å². The third-order valence-electron chi connectivity index (χ3n) is 3.99. The normalized spacial score (nSPS) is 12.3. The first kappa shape index (κ1) is 16.2. The number of esters is 1. The lowest BCUT2D eigenvalue weighted by molar-refractivity contribution is -0.144. The Hall–Kier alpha value is -2.66. The van der Waals surface area contributed by atoms with Crippen molar-refractivity contribution in [1.29, 1.82) is 0 Å². The zero-order valence-electron chi connectivity index (χ0n) is 13.9. The molecule has 1 aromatic carbocycles. The first-order chi connectivity index (χ1) is 11.6. The molecule has 2 aromatic heterocycles. The van der Waals surface area contributed by atoms with Gasteiger partial charge in [-0.1, -0.05) is 36.4 Å². The molecule has 0 radical (unpaired) electrons. The highest BCUT2D eigenvalue weighted by Crippen LogP contribution is 2.26. The minimum absolute atomic E-state index is 0.324. The van der Waals surface area contributed by atoms with Crippen molar-refractivity contribution in [3.05, 3.63) is 59.9 Å². The van der Waals surface area contributed by atoms with Crippen LogP contribution in [-0.2, 0) is 16.0 Å². The fraction of sp³-hybridized carbons (Fsp3) is 0.263. The second kappa shape index (κ2) is 6.84. The number of imidazole rings is 1. The maximum Gasteiger partial charge on any atom is 0.323 e. The van der Waals surface area contributed by atoms with Gasteiger partial charge in [0.15, 0.2) is 0 Å². The summed E-state index contributed by atoms with van der Waals surface area (Å²) in [6, 6.07) is 13.2. The maximum atomic E-state index is 11.9. The van der Waals surface area contributed by atoms with Crippen LogP contribution < -0.4 is 5.73 Å². The number of pyridine rings is 1. The van der Waals surface area contributed by atoms with E-state index >= 15 is 0 Å². The standard InChI is InChI=1S/C19H21N3O2/c1-3-24-19(23)15(20)12-16-17(14-9-5-4-6-10-14)21-18-13(2)8-7-11-22(16)18/h4-11,15H,3,12,20H2,1-2H3. The van der Waals surface area contributed by atoms with Crippen molar-refractivity contribution in [2.24, 2.45) is 5.73 Å². The second-order valence-electron chi connectivity index (χ2n) is 5.72. The minimum Gasteiger partial charge on any atom is -0.465 e. The number of nitrogens with two attached hydrogens (primary N) is 1. The van der Waals surface area contributed by atoms with Gasteiger partial charge in [-0.25, -0.2) is 4.98 Å². The fourth-order valence-corrected chi connectivity index (χ4v) is 2.82. The molecule has 124 valence electrons. The molecule has 3 rings (SSSR count). The van der Waals surface area contributed by atoms with Gasteiger partial charge in [-0.3, -0.25) is 4.79 Å². The predicted molar refractivity (Wildman–Crippen MR) is 93.7 cm³/mol. The Balaban J connectivity index is 2.10. The number of hydrogen-bond acceptors (Lipinski definition) is 4. The number of rotatable bonds is 5. The van der Waals surface area contributed by atoms with E-state index in [-0.39, 0.29) is 5.97 Å². The molecule has 2 heterocycles. The molecule has 1 unspecified atom stereocenters. The molecule has 0 saturated heterocycles. The summed E-state index contributed by atoms with van der Waals surface area (Å²) in [6.45, 7) is 4.12. The molecular formula is C19H21N3O2. The van der Waals surface area contributed by atoms with Gasteiger partial charge in [0.2, 0.25) is 0 Å². The number of carbonyl (C=O) groups is 1. The van der Waals surface area contributed by atoms with Crippen LogP contribution in [0.5, 0.6) is 0 Å². The van der Waals surface area contributed by atoms with E-state index in [1.54, 1.807) is 6.92 Å². The maximum absolute atomic E-state index is 11.9. The van der Waals surface area contributed by atoms with Gasteiger partial charge in [-0.2, -0.15) is 0 Å². The molecule has 5 nitrogen and oxygen atoms in total. The van der Waals surface area contributed by atoms with Crippen molar-refractivity contribution < 1.29 is 9.53 Å². The number of ether oxygens (including phenoxy) is 1. The van der Waals surface area contributed by atoms with Gasteiger partial charge >= 0.3 is 5.97 Å². The first-order valence-electron chi connectivity index (χ1n) is 8.06. The molecule has 0 fully saturated rings. The van der Waals surface area contributed by atoms with E-state index in [9.17, 15) is 4.79 Å². The van der Waals surface area contributed by atoms with Crippen LogP contribution in [0.1, 0.15) is 18.2 Å². The van der Waals surface area contributed by atoms with Crippen LogP contribution in [0.3, 0.4) is 0 Å². The molecule has 0 aliphatic heterocycles. The van der Waals surface area contributed by atoms with E-state index in [4.69, 9.17) is 15.5 Å². The molecule has 5 heteroatoms. The molecule has 0 aliphatic rings. The second-order valence-corrected chi connectivity index (χ2v) is 5.72. The molecule has 24 heavy (non-hydrogen) atoms. The fourth-order valence-electron chi connectivity index (χ4n) is 2.82. The third-order valence-corrected chi connectivity index (χ3v) is 3.99. The van der Waals surface area contributed by atoms with Gasteiger partial charge in [0.05, 0.1) is 18.0 Å². The van der Waals surface area contributed by atoms with E-state index in [0.29, 0.717) is 13.0 Å². The van der Waals surface area contributed by atoms with Crippen LogP contribution in [0.25, 0.3) is 16.9 Å². The number of fused-ring (bicyclic) bond motifs is 1. The Morgan fingerprint density at radius 2 is 2.00 bits per heavy atom. The Morgan fingerprint density at radius 3 is 2.71 bits per heavy atom. The van der Waals surface area contributed by atoms with Crippen molar-refractivity contribution in [3.63, 3.8) is 0 Å². The summed E-state index contributed by atoms with van der Waals surface area (Å²) in [5, 5.41) is 0. The first-order valence-corrected chi connectivity index (χ1v) is 8.06. The lowest BCUT2D eigenvalue weighted by Crippen LogP contribution is -2.34. The largest absolute Gasteiger partial charge is 0.465 e. The van der Waals surface area contributed by atoms with Crippen LogP contribution >= 0.6 is 0 Å². The zero-order chi connectivity index (χ0) is 17.1. The van der Waals surface area contributed by atoms with Gasteiger partial charge < -0.3 is 14.9 Å². The van der Waals surface area contributed by atoms with Gasteiger partial charge in [0.25, 0.3) is 0 Å². The quantitative estimate of drug-likeness (QED) is 0.733. The van der Waals surface area contributed by atoms with E-state index < -0.39 is 6.04 Å². The Bertz CT molecular complexity index is 856. The van der Waals surface area contributed by atoms with Crippen molar-refractivity contribution in [1.82, 2.24) is 9.38 Å². The summed E-state index contributed by atoms with van der Waals surface area (Å²) in [5.74, 6) is -0.390. The molecule has 1 atom stereocenters. The average Bonchev–Trinajstić information content (AvgIpc) is 2.96. The topological polar surface area (TPSA) is 69.6 Å². The lowest BCUT2D eigenvalue weighted by Gasteiger charge is -2.12. The summed E-state index contributed by atoms with van der Waals surface area (Å²) in [5.41, 5.74) is 10.8. The predicted octanol–water partition coefficient (Wildman–Crippen LogP) is 2.74. The lowest BCUT2D eigenvalue weighted by atomic mass is 10.1. The van der Waals surface area contributed by atoms with Crippen molar-refractivity contribution >= 4 is 11.6 Å². The van der Waals surface area contributed by atoms with E-state index in [2.05, 4.69) is 0 Å². The molecule has 0 spiro atoms. The van der Waals surface area contributed by atoms with E-state index in [0.717, 1.165) is 28.2 Å². The highest BCUT2D eigenvalue weighted by atomic mass is 16.5. The molecule has 2 N–H and O–H groups in total. The SMILES string of the molecule is CCOC(=O)C(N)Cc1c(-c2ccccc2)nc2c(C)cccn12. The van der Waals surface area contributed by atoms with E-state index in [1.165, 1.54) is 0 Å². The molecular weight excluding hydrogens is 302 g/mol. The summed E-state index contributed by atoms with van der Waals surface area (Å²) in [6.07, 6.45) is 2.32. The molecule has 0 saturated carbocycles. The molecule has 0 aliphatic carbocycles. The number of benzene rings is 1. The van der Waals surface area contributed by atoms with Crippen LogP contribution in [-0.4, -0.2) is 28.0 Å². The monoisotopic (exact) mass is 323 g/mol. The molecule has 3 aromatic rings. The summed E-state index contributed by atoms with van der Waals surface area (Å²) in [4.78, 5) is 16.7. The Kier molecular flexibility index (Phi) is 4.62. The number of carbonyl (C=O) groups excluding carboxylic acids is 1. The van der Waals surface area contributed by atoms with Crippen LogP contribution in [0, 0.1) is 6.92 Å². The summed E-state index contributed by atoms with van der Waals surface area (Å²) < 4.78 is 7.05. The van der Waals surface area contributed by atoms with Gasteiger partial charge in [0, 0.05) is 18.2 Å². The Morgan fingerprint density at radius 1 is 1.25 bits per heavy atom. The summed E-state index contributed by atoms with van der Waals surface area (Å²) in [7, 11) is 0. The van der Waals surface area contributed by atoms with Gasteiger partial charge in [-0.05, 0) is 25.5 Å². The zero-order valence-corrected chi connectivity index (χ0v) is 13.9. The van der Waals surface area contributed by atoms with Crippen LogP contribution in [0.2, 0.25) is 0 Å². The Labute approximate surface area is 141 Å². The molecule has 0 bridgehead atoms. The van der Waals surface area contributed by atoms with Crippen LogP contribution in [0.4, 0.5) is 0 Å². The average molecular weight is 323 g/mol. The number of aromatic nitrogens is 2. The van der Waals surface area contributed by atoms with Crippen LogP contribution in [0.15, 0.2) is 48.7 Å². The number of aryl methyl sites for hydroxylation is 1. The molecule has 0 amide bonds. The minimum atomic E-state index is -0.715. The van der Waals surface area contributed by atoms with Crippen molar-refractivity contribution in [2.45, 2.75) is 26.3 Å². The van der Waals surface area contributed by atoms with Crippen molar-refractivity contribution in [3.8, 4) is 11.3 Å². The highest BCUT2D eigenvalue weighted by Gasteiger charge is 2.22. The number of hydrogen-bond donors (Lipinski definition) is 1. The smallest absolute Gasteiger partial charge is 0.323 e. The van der Waals surface area contributed by atoms with Gasteiger partial charge in [0.1, 0.15) is 11.7 Å². The van der Waals surface area contributed by atoms with E-state index in [1.807, 2.05) is 60.0 Å². The summed E-state index contributed by atoms with van der Waals surface area (Å²) >= 11 is 0. The number of nitrogens with zero attached hydrogens (tertiary/aromatic N) is 2. The highest BCUT2D eigenvalue weighted by molar-refractivity contribution is 5.77. The third kappa shape index (κ3) is 3.03.